The Morgan fingerprint density at radius 2 is 0.898 bits per heavy atom. The molecule has 2 atom stereocenters. The zero-order valence-corrected chi connectivity index (χ0v) is 38.4. The van der Waals surface area contributed by atoms with E-state index in [9.17, 15) is 19.5 Å². The summed E-state index contributed by atoms with van der Waals surface area (Å²) in [6, 6.07) is -0.731. The fourth-order valence-corrected chi connectivity index (χ4v) is 6.51. The molecule has 0 rings (SSSR count). The Hall–Kier alpha value is -3.23. The third-order valence-corrected chi connectivity index (χ3v) is 10.1. The molecule has 2 unspecified atom stereocenters. The first-order chi connectivity index (χ1) is 28.6. The van der Waals surface area contributed by atoms with Gasteiger partial charge in [-0.25, -0.2) is 0 Å². The van der Waals surface area contributed by atoms with Gasteiger partial charge in [0.25, 0.3) is 0 Å². The molecule has 0 aliphatic heterocycles. The van der Waals surface area contributed by atoms with Crippen molar-refractivity contribution in [1.29, 1.82) is 0 Å². The van der Waals surface area contributed by atoms with Gasteiger partial charge in [0.2, 0.25) is 0 Å². The highest BCUT2D eigenvalue weighted by Gasteiger charge is 2.25. The van der Waals surface area contributed by atoms with Crippen molar-refractivity contribution in [2.24, 2.45) is 0 Å². The molecule has 8 heteroatoms. The van der Waals surface area contributed by atoms with E-state index in [0.717, 1.165) is 96.3 Å². The summed E-state index contributed by atoms with van der Waals surface area (Å²) >= 11 is 0. The van der Waals surface area contributed by atoms with Crippen LogP contribution in [0.3, 0.4) is 0 Å². The van der Waals surface area contributed by atoms with Gasteiger partial charge in [0.15, 0.2) is 6.10 Å². The van der Waals surface area contributed by atoms with E-state index < -0.39 is 18.1 Å². The molecule has 338 valence electrons. The van der Waals surface area contributed by atoms with Crippen LogP contribution in [0.1, 0.15) is 181 Å². The highest BCUT2D eigenvalue weighted by molar-refractivity contribution is 5.70. The number of carbonyl (C=O) groups excluding carboxylic acids is 3. The van der Waals surface area contributed by atoms with Crippen LogP contribution in [0.4, 0.5) is 0 Å². The van der Waals surface area contributed by atoms with Crippen LogP contribution in [0.5, 0.6) is 0 Å². The van der Waals surface area contributed by atoms with E-state index >= 15 is 0 Å². The number of aliphatic carboxylic acids is 1. The first kappa shape index (κ1) is 55.8. The second kappa shape index (κ2) is 41.5. The quantitative estimate of drug-likeness (QED) is 0.0262. The van der Waals surface area contributed by atoms with E-state index in [1.165, 1.54) is 51.4 Å². The van der Waals surface area contributed by atoms with Crippen LogP contribution < -0.4 is 5.11 Å². The van der Waals surface area contributed by atoms with Gasteiger partial charge in [0.05, 0.1) is 40.3 Å². The summed E-state index contributed by atoms with van der Waals surface area (Å²) in [5.74, 6) is -1.77. The summed E-state index contributed by atoms with van der Waals surface area (Å²) in [5, 5.41) is 11.6. The number of allylic oxidation sites excluding steroid dienone is 12. The number of carboxylic acid groups (broad SMARTS) is 1. The Morgan fingerprint density at radius 1 is 0.508 bits per heavy atom. The number of ether oxygens (including phenoxy) is 3. The molecule has 0 aliphatic rings. The highest BCUT2D eigenvalue weighted by Crippen LogP contribution is 2.14. The van der Waals surface area contributed by atoms with E-state index in [0.29, 0.717) is 12.8 Å². The van der Waals surface area contributed by atoms with Crippen molar-refractivity contribution in [3.63, 3.8) is 0 Å². The molecule has 0 N–H and O–H groups in total. The summed E-state index contributed by atoms with van der Waals surface area (Å²) in [7, 11) is 5.40. The minimum absolute atomic E-state index is 0.0307. The van der Waals surface area contributed by atoms with Gasteiger partial charge in [-0.3, -0.25) is 9.59 Å². The minimum atomic E-state index is -1.13. The van der Waals surface area contributed by atoms with Crippen LogP contribution in [-0.4, -0.2) is 75.5 Å². The van der Waals surface area contributed by atoms with E-state index in [2.05, 4.69) is 86.8 Å². The van der Waals surface area contributed by atoms with Crippen molar-refractivity contribution in [3.8, 4) is 0 Å². The summed E-state index contributed by atoms with van der Waals surface area (Å²) in [6.07, 6.45) is 52.2. The zero-order chi connectivity index (χ0) is 43.5. The molecule has 8 nitrogen and oxygen atoms in total. The normalized spacial score (nSPS) is 13.6. The Balaban J connectivity index is 4.24. The van der Waals surface area contributed by atoms with Crippen LogP contribution in [-0.2, 0) is 28.6 Å². The van der Waals surface area contributed by atoms with Crippen molar-refractivity contribution in [2.75, 3.05) is 41.0 Å². The number of carbonyl (C=O) groups is 3. The Kier molecular flexibility index (Phi) is 39.2. The zero-order valence-electron chi connectivity index (χ0n) is 38.4. The summed E-state index contributed by atoms with van der Waals surface area (Å²) in [4.78, 5) is 36.9. The third-order valence-electron chi connectivity index (χ3n) is 10.1. The number of rotatable bonds is 41. The number of hydrogen-bond donors (Lipinski definition) is 0. The number of carboxylic acids is 1. The van der Waals surface area contributed by atoms with Gasteiger partial charge in [-0.05, 0) is 77.0 Å². The van der Waals surface area contributed by atoms with Gasteiger partial charge >= 0.3 is 11.9 Å². The predicted molar refractivity (Wildman–Crippen MR) is 245 cm³/mol. The molecule has 0 bridgehead atoms. The lowest BCUT2D eigenvalue weighted by atomic mass is 10.1. The van der Waals surface area contributed by atoms with Crippen molar-refractivity contribution in [3.05, 3.63) is 72.9 Å². The van der Waals surface area contributed by atoms with Gasteiger partial charge in [-0.15, -0.1) is 0 Å². The first-order valence-corrected chi connectivity index (χ1v) is 23.5. The van der Waals surface area contributed by atoms with Crippen LogP contribution in [0.15, 0.2) is 72.9 Å². The second-order valence-electron chi connectivity index (χ2n) is 16.6. The average molecular weight is 826 g/mol. The Bertz CT molecular complexity index is 1190. The number of hydrogen-bond acceptors (Lipinski definition) is 7. The second-order valence-corrected chi connectivity index (χ2v) is 16.6. The molecule has 0 aromatic heterocycles. The lowest BCUT2D eigenvalue weighted by Crippen LogP contribution is -2.55. The van der Waals surface area contributed by atoms with E-state index in [-0.39, 0.29) is 42.7 Å². The van der Waals surface area contributed by atoms with Gasteiger partial charge in [0, 0.05) is 19.3 Å². The molecule has 0 radical (unpaired) electrons. The monoisotopic (exact) mass is 826 g/mol. The number of quaternary nitrogens is 1. The molecular weight excluding hydrogens is 739 g/mol. The molecule has 0 spiro atoms. The van der Waals surface area contributed by atoms with Crippen molar-refractivity contribution in [2.45, 2.75) is 193 Å². The third kappa shape index (κ3) is 40.0. The van der Waals surface area contributed by atoms with E-state index in [1.807, 2.05) is 0 Å². The van der Waals surface area contributed by atoms with Crippen molar-refractivity contribution < 1.29 is 38.2 Å². The highest BCUT2D eigenvalue weighted by atomic mass is 16.6. The Morgan fingerprint density at radius 3 is 1.32 bits per heavy atom. The molecule has 0 aromatic rings. The average Bonchev–Trinajstić information content (AvgIpc) is 3.19. The van der Waals surface area contributed by atoms with Gasteiger partial charge in [-0.1, -0.05) is 157 Å². The van der Waals surface area contributed by atoms with Crippen LogP contribution in [0.25, 0.3) is 0 Å². The molecule has 0 heterocycles. The van der Waals surface area contributed by atoms with Gasteiger partial charge < -0.3 is 28.6 Å². The summed E-state index contributed by atoms with van der Waals surface area (Å²) < 4.78 is 17.2. The standard InChI is InChI=1S/C51H87NO7/c1-6-8-10-12-14-16-18-20-21-22-23-24-25-26-27-28-29-30-32-33-35-37-39-41-49(53)58-46-47(45-57-44-43-48(51(55)56)52(3,4)5)59-50(54)42-40-38-36-34-31-19-17-15-13-11-9-7-2/h8-11,14-17,20-21,23-24,47-48H,6-7,12-13,18-19,22,25-46H2,1-5H3/b10-8+,11-9+,16-14+,17-15+,21-20+,24-23+. The number of nitrogens with zero attached hydrogens (tertiary/aromatic N) is 1. The van der Waals surface area contributed by atoms with Crippen LogP contribution >= 0.6 is 0 Å². The molecular formula is C51H87NO7. The van der Waals surface area contributed by atoms with Crippen molar-refractivity contribution >= 4 is 17.9 Å². The SMILES string of the molecule is CC/C=C/C/C=C/C/C=C/C/C=C/CCCCCCCCCCCCC(=O)OCC(COCCC(C(=O)[O-])[N+](C)(C)C)OC(=O)CCCCCCC/C=C/C/C=C/CC. The van der Waals surface area contributed by atoms with E-state index in [1.54, 1.807) is 21.1 Å². The van der Waals surface area contributed by atoms with Gasteiger partial charge in [-0.2, -0.15) is 0 Å². The van der Waals surface area contributed by atoms with Gasteiger partial charge in [0.1, 0.15) is 12.6 Å². The summed E-state index contributed by atoms with van der Waals surface area (Å²) in [6.45, 7) is 4.41. The number of esters is 2. The molecule has 0 amide bonds. The fourth-order valence-electron chi connectivity index (χ4n) is 6.51. The maximum atomic E-state index is 12.7. The molecule has 59 heavy (non-hydrogen) atoms. The van der Waals surface area contributed by atoms with Crippen LogP contribution in [0.2, 0.25) is 0 Å². The lowest BCUT2D eigenvalue weighted by molar-refractivity contribution is -0.889. The number of unbranched alkanes of at least 4 members (excludes halogenated alkanes) is 15. The topological polar surface area (TPSA) is 102 Å². The maximum Gasteiger partial charge on any atom is 0.306 e. The minimum Gasteiger partial charge on any atom is -0.544 e. The molecule has 0 saturated carbocycles. The summed E-state index contributed by atoms with van der Waals surface area (Å²) in [5.41, 5.74) is 0. The van der Waals surface area contributed by atoms with Crippen molar-refractivity contribution in [1.82, 2.24) is 0 Å². The Labute approximate surface area is 361 Å². The smallest absolute Gasteiger partial charge is 0.306 e. The van der Waals surface area contributed by atoms with Crippen LogP contribution in [0, 0.1) is 0 Å². The van der Waals surface area contributed by atoms with E-state index in [4.69, 9.17) is 14.2 Å². The first-order valence-electron chi connectivity index (χ1n) is 23.5. The predicted octanol–water partition coefficient (Wildman–Crippen LogP) is 11.8. The lowest BCUT2D eigenvalue weighted by Gasteiger charge is -2.34. The molecule has 0 aliphatic carbocycles. The number of likely N-dealkylation sites (N-methyl/N-ethyl adjacent to an activating group) is 1. The maximum absolute atomic E-state index is 12.7. The fraction of sp³-hybridized carbons (Fsp3) is 0.706. The molecule has 0 aromatic carbocycles. The largest absolute Gasteiger partial charge is 0.544 e. The molecule has 0 fully saturated rings. The molecule has 0 saturated heterocycles.